The lowest BCUT2D eigenvalue weighted by atomic mass is 9.77. The second-order valence-corrected chi connectivity index (χ2v) is 10.1. The highest BCUT2D eigenvalue weighted by Gasteiger charge is 2.71. The molecule has 5 atom stereocenters. The first-order valence-corrected chi connectivity index (χ1v) is 13.1. The Morgan fingerprint density at radius 2 is 1.75 bits per heavy atom. The molecule has 1 spiro atoms. The van der Waals surface area contributed by atoms with Gasteiger partial charge in [0.2, 0.25) is 17.7 Å². The maximum Gasteiger partial charge on any atom is 0.249 e. The van der Waals surface area contributed by atoms with Crippen LogP contribution in [0, 0.1) is 11.8 Å². The Bertz CT molecular complexity index is 1060. The van der Waals surface area contributed by atoms with Crippen LogP contribution in [-0.2, 0) is 25.7 Å². The van der Waals surface area contributed by atoms with E-state index in [0.717, 1.165) is 18.4 Å². The summed E-state index contributed by atoms with van der Waals surface area (Å²) in [5.41, 5.74) is -0.182. The lowest BCUT2D eigenvalue weighted by molar-refractivity contribution is -0.148. The normalized spacial score (nSPS) is 31.4. The smallest absolute Gasteiger partial charge is 0.249 e. The zero-order chi connectivity index (χ0) is 25.3. The lowest BCUT2D eigenvalue weighted by Gasteiger charge is -2.35. The van der Waals surface area contributed by atoms with Crippen LogP contribution in [0.2, 0.25) is 0 Å². The molecule has 0 saturated carbocycles. The van der Waals surface area contributed by atoms with Crippen molar-refractivity contribution in [1.82, 2.24) is 14.7 Å². The van der Waals surface area contributed by atoms with Crippen molar-refractivity contribution in [3.63, 3.8) is 0 Å². The van der Waals surface area contributed by atoms with Gasteiger partial charge in [-0.25, -0.2) is 0 Å². The number of ether oxygens (including phenoxy) is 1. The van der Waals surface area contributed by atoms with E-state index in [2.05, 4.69) is 6.92 Å². The molecule has 1 aromatic carbocycles. The van der Waals surface area contributed by atoms with Gasteiger partial charge in [0, 0.05) is 39.3 Å². The van der Waals surface area contributed by atoms with Crippen molar-refractivity contribution in [2.45, 2.75) is 50.5 Å². The average Bonchev–Trinajstić information content (AvgIpc) is 3.20. The van der Waals surface area contributed by atoms with Gasteiger partial charge in [0.25, 0.3) is 0 Å². The van der Waals surface area contributed by atoms with Gasteiger partial charge in [-0.3, -0.25) is 14.4 Å². The van der Waals surface area contributed by atoms with Crippen molar-refractivity contribution in [3.05, 3.63) is 60.2 Å². The quantitative estimate of drug-likeness (QED) is 0.558. The second-order valence-electron chi connectivity index (χ2n) is 10.1. The highest BCUT2D eigenvalue weighted by Crippen LogP contribution is 2.53. The Kier molecular flexibility index (Phi) is 6.99. The summed E-state index contributed by atoms with van der Waals surface area (Å²) in [5.74, 6) is -2.00. The topological polar surface area (TPSA) is 90.4 Å². The van der Waals surface area contributed by atoms with Gasteiger partial charge in [-0.15, -0.1) is 0 Å². The molecule has 192 valence electrons. The molecule has 0 aliphatic carbocycles. The standard InChI is InChI=1S/C28H35N3O5/c1-2-3-14-29-16-8-13-28-23(26(34)31(17-9-18-32)24(28)27(29)35)22-21(36-28)12-7-15-30(25(22)33)19-20-10-5-4-6-11-20/h4-8,10-13,21-24,32H,2-3,9,14-19H2,1H3/t21-,22+,23-,24?,28-/m0/s1. The summed E-state index contributed by atoms with van der Waals surface area (Å²) in [4.78, 5) is 46.9. The maximum atomic E-state index is 14.0. The van der Waals surface area contributed by atoms with Gasteiger partial charge >= 0.3 is 0 Å². The first-order valence-electron chi connectivity index (χ1n) is 13.1. The van der Waals surface area contributed by atoms with Gasteiger partial charge < -0.3 is 24.5 Å². The van der Waals surface area contributed by atoms with Crippen LogP contribution in [0.3, 0.4) is 0 Å². The minimum Gasteiger partial charge on any atom is -0.396 e. The SMILES string of the molecule is CCCCN1CC=C[C@]23O[C@H]4C=CCN(Cc5ccccc5)C(=O)[C@H]4[C@H]2C(=O)N(CCCO)C3C1=O. The molecule has 5 rings (SSSR count). The highest BCUT2D eigenvalue weighted by molar-refractivity contribution is 5.99. The van der Waals surface area contributed by atoms with E-state index in [4.69, 9.17) is 4.74 Å². The van der Waals surface area contributed by atoms with Crippen LogP contribution in [-0.4, -0.2) is 88.1 Å². The van der Waals surface area contributed by atoms with E-state index in [1.165, 1.54) is 0 Å². The zero-order valence-electron chi connectivity index (χ0n) is 20.8. The van der Waals surface area contributed by atoms with Crippen LogP contribution in [0.15, 0.2) is 54.6 Å². The first kappa shape index (κ1) is 24.7. The summed E-state index contributed by atoms with van der Waals surface area (Å²) in [5, 5.41) is 9.49. The predicted molar refractivity (Wildman–Crippen MR) is 133 cm³/mol. The number of carbonyl (C=O) groups is 3. The van der Waals surface area contributed by atoms with Gasteiger partial charge in [-0.1, -0.05) is 68.0 Å². The second kappa shape index (κ2) is 10.2. The fourth-order valence-electron chi connectivity index (χ4n) is 6.21. The maximum absolute atomic E-state index is 14.0. The van der Waals surface area contributed by atoms with Gasteiger partial charge in [0.15, 0.2) is 0 Å². The summed E-state index contributed by atoms with van der Waals surface area (Å²) >= 11 is 0. The van der Waals surface area contributed by atoms with E-state index in [9.17, 15) is 19.5 Å². The van der Waals surface area contributed by atoms with Crippen LogP contribution >= 0.6 is 0 Å². The van der Waals surface area contributed by atoms with E-state index < -0.39 is 29.6 Å². The van der Waals surface area contributed by atoms with Crippen molar-refractivity contribution < 1.29 is 24.2 Å². The molecule has 3 amide bonds. The van der Waals surface area contributed by atoms with E-state index in [0.29, 0.717) is 32.6 Å². The summed E-state index contributed by atoms with van der Waals surface area (Å²) < 4.78 is 6.62. The molecule has 8 nitrogen and oxygen atoms in total. The molecule has 1 N–H and O–H groups in total. The molecule has 8 heteroatoms. The van der Waals surface area contributed by atoms with Gasteiger partial charge in [-0.2, -0.15) is 0 Å². The van der Waals surface area contributed by atoms with Crippen LogP contribution in [0.4, 0.5) is 0 Å². The van der Waals surface area contributed by atoms with E-state index >= 15 is 0 Å². The number of benzene rings is 1. The highest BCUT2D eigenvalue weighted by atomic mass is 16.5. The fraction of sp³-hybridized carbons (Fsp3) is 0.536. The van der Waals surface area contributed by atoms with Gasteiger partial charge in [0.1, 0.15) is 11.6 Å². The Labute approximate surface area is 212 Å². The van der Waals surface area contributed by atoms with Crippen LogP contribution in [0.25, 0.3) is 0 Å². The molecule has 36 heavy (non-hydrogen) atoms. The fourth-order valence-corrected chi connectivity index (χ4v) is 6.21. The zero-order valence-corrected chi connectivity index (χ0v) is 20.8. The van der Waals surface area contributed by atoms with Crippen molar-refractivity contribution >= 4 is 17.7 Å². The first-order chi connectivity index (χ1) is 17.5. The van der Waals surface area contributed by atoms with Crippen molar-refractivity contribution in [2.24, 2.45) is 11.8 Å². The molecular formula is C28H35N3O5. The number of carbonyl (C=O) groups excluding carboxylic acids is 3. The van der Waals surface area contributed by atoms with Crippen molar-refractivity contribution in [3.8, 4) is 0 Å². The number of hydrogen-bond donors (Lipinski definition) is 1. The molecule has 2 fully saturated rings. The molecule has 4 aliphatic rings. The molecule has 4 heterocycles. The number of aliphatic hydroxyl groups is 1. The molecule has 1 unspecified atom stereocenters. The van der Waals surface area contributed by atoms with Crippen LogP contribution in [0.1, 0.15) is 31.7 Å². The molecule has 4 aliphatic heterocycles. The Morgan fingerprint density at radius 3 is 2.50 bits per heavy atom. The van der Waals surface area contributed by atoms with E-state index in [1.54, 1.807) is 14.7 Å². The molecular weight excluding hydrogens is 458 g/mol. The van der Waals surface area contributed by atoms with Crippen LogP contribution in [0.5, 0.6) is 0 Å². The van der Waals surface area contributed by atoms with Gasteiger partial charge in [-0.05, 0) is 18.4 Å². The number of unbranched alkanes of at least 4 members (excludes halogenated alkanes) is 1. The van der Waals surface area contributed by atoms with E-state index in [-0.39, 0.29) is 30.9 Å². The number of nitrogens with zero attached hydrogens (tertiary/aromatic N) is 3. The number of aliphatic hydroxyl groups excluding tert-OH is 1. The third kappa shape index (κ3) is 4.06. The number of rotatable bonds is 8. The number of hydrogen-bond acceptors (Lipinski definition) is 5. The summed E-state index contributed by atoms with van der Waals surface area (Å²) in [7, 11) is 0. The third-order valence-corrected chi connectivity index (χ3v) is 7.88. The minimum atomic E-state index is -1.20. The predicted octanol–water partition coefficient (Wildman–Crippen LogP) is 1.75. The summed E-state index contributed by atoms with van der Waals surface area (Å²) in [6, 6.07) is 8.96. The number of amides is 3. The molecule has 0 aromatic heterocycles. The largest absolute Gasteiger partial charge is 0.396 e. The third-order valence-electron chi connectivity index (χ3n) is 7.88. The number of fused-ring (bicyclic) bond motifs is 2. The van der Waals surface area contributed by atoms with Crippen molar-refractivity contribution in [1.29, 1.82) is 0 Å². The molecule has 0 radical (unpaired) electrons. The minimum absolute atomic E-state index is 0.0861. The Morgan fingerprint density at radius 1 is 0.972 bits per heavy atom. The van der Waals surface area contributed by atoms with Gasteiger partial charge in [0.05, 0.1) is 17.9 Å². The molecule has 1 aromatic rings. The Hall–Kier alpha value is -2.97. The van der Waals surface area contributed by atoms with E-state index in [1.807, 2.05) is 54.6 Å². The Balaban J connectivity index is 1.51. The monoisotopic (exact) mass is 493 g/mol. The lowest BCUT2D eigenvalue weighted by Crippen LogP contribution is -2.55. The average molecular weight is 494 g/mol. The van der Waals surface area contributed by atoms with Crippen LogP contribution < -0.4 is 0 Å². The number of likely N-dealkylation sites (tertiary alicyclic amines) is 1. The van der Waals surface area contributed by atoms with Crippen molar-refractivity contribution in [2.75, 3.05) is 32.8 Å². The molecule has 0 bridgehead atoms. The summed E-state index contributed by atoms with van der Waals surface area (Å²) in [6.45, 7) is 4.18. The molecule has 2 saturated heterocycles. The summed E-state index contributed by atoms with van der Waals surface area (Å²) in [6.07, 6.45) is 9.23.